The topological polar surface area (TPSA) is 105 Å². The van der Waals surface area contributed by atoms with Gasteiger partial charge in [0.2, 0.25) is 15.9 Å². The van der Waals surface area contributed by atoms with Gasteiger partial charge in [-0.25, -0.2) is 17.8 Å². The minimum absolute atomic E-state index is 0.00325. The van der Waals surface area contributed by atoms with Crippen LogP contribution in [0.2, 0.25) is 0 Å². The van der Waals surface area contributed by atoms with Crippen molar-refractivity contribution in [2.24, 2.45) is 0 Å². The molecule has 0 bridgehead atoms. The number of sulfonamides is 1. The summed E-state index contributed by atoms with van der Waals surface area (Å²) in [6.07, 6.45) is 1.23. The molecule has 32 heavy (non-hydrogen) atoms. The molecule has 1 saturated heterocycles. The molecule has 1 amide bonds. The number of thiophene rings is 1. The first-order chi connectivity index (χ1) is 15.2. The van der Waals surface area contributed by atoms with Crippen LogP contribution in [0.1, 0.15) is 4.88 Å². The number of nitrogens with one attached hydrogen (secondary N) is 1. The largest absolute Gasteiger partial charge is 0.325 e. The molecule has 170 valence electrons. The van der Waals surface area contributed by atoms with Crippen LogP contribution in [0, 0.1) is 12.7 Å². The van der Waals surface area contributed by atoms with Crippen LogP contribution in [0.5, 0.6) is 0 Å². The van der Waals surface area contributed by atoms with E-state index in [9.17, 15) is 22.4 Å². The van der Waals surface area contributed by atoms with Crippen molar-refractivity contribution in [2.45, 2.75) is 18.4 Å². The van der Waals surface area contributed by atoms with Gasteiger partial charge in [-0.1, -0.05) is 0 Å². The van der Waals surface area contributed by atoms with E-state index in [0.717, 1.165) is 15.9 Å². The number of hydrogen-bond donors (Lipinski definition) is 1. The van der Waals surface area contributed by atoms with Gasteiger partial charge in [0.15, 0.2) is 0 Å². The summed E-state index contributed by atoms with van der Waals surface area (Å²) in [5.41, 5.74) is -0.218. The number of carbonyl (C=O) groups excluding carboxylic acids is 1. The van der Waals surface area contributed by atoms with Gasteiger partial charge in [0.25, 0.3) is 5.56 Å². The van der Waals surface area contributed by atoms with Crippen molar-refractivity contribution in [2.75, 3.05) is 38.5 Å². The fourth-order valence-corrected chi connectivity index (χ4v) is 6.67. The van der Waals surface area contributed by atoms with Gasteiger partial charge in [0, 0.05) is 36.7 Å². The maximum absolute atomic E-state index is 13.4. The summed E-state index contributed by atoms with van der Waals surface area (Å²) < 4.78 is 42.3. The third-order valence-electron chi connectivity index (χ3n) is 5.30. The molecule has 3 heterocycles. The molecule has 1 aromatic carbocycles. The first kappa shape index (κ1) is 22.5. The Morgan fingerprint density at radius 1 is 1.19 bits per heavy atom. The Labute approximate surface area is 188 Å². The lowest BCUT2D eigenvalue weighted by atomic mass is 10.3. The van der Waals surface area contributed by atoms with Crippen molar-refractivity contribution < 1.29 is 17.6 Å². The lowest BCUT2D eigenvalue weighted by Crippen LogP contribution is -2.47. The fraction of sp³-hybridized carbons (Fsp3) is 0.350. The number of aromatic nitrogens is 2. The Balaban J connectivity index is 1.67. The second kappa shape index (κ2) is 8.70. The number of aryl methyl sites for hydroxylation is 1. The van der Waals surface area contributed by atoms with Gasteiger partial charge < -0.3 is 10.2 Å². The standard InChI is InChI=1S/C20H22FN5O4S2/c1-13-18(32(29,30)26-9-7-24(2)8-10-26)17-19(31-13)22-12-25(20(17)28)11-16(27)23-15-5-3-14(21)4-6-15/h3-6,12H,7-11H2,1-2H3,(H,23,27). The molecule has 3 aromatic rings. The summed E-state index contributed by atoms with van der Waals surface area (Å²) in [5.74, 6) is -0.953. The van der Waals surface area contributed by atoms with Crippen LogP contribution < -0.4 is 10.9 Å². The average Bonchev–Trinajstić information content (AvgIpc) is 3.09. The minimum atomic E-state index is -3.89. The number of halogens is 1. The number of likely N-dealkylation sites (N-methyl/N-ethyl adjacent to an activating group) is 1. The minimum Gasteiger partial charge on any atom is -0.325 e. The number of benzene rings is 1. The predicted molar refractivity (Wildman–Crippen MR) is 120 cm³/mol. The van der Waals surface area contributed by atoms with Crippen molar-refractivity contribution in [3.8, 4) is 0 Å². The highest BCUT2D eigenvalue weighted by Gasteiger charge is 2.33. The summed E-state index contributed by atoms with van der Waals surface area (Å²) >= 11 is 1.14. The summed E-state index contributed by atoms with van der Waals surface area (Å²) in [6.45, 7) is 3.18. The Hall–Kier alpha value is -2.67. The second-order valence-corrected chi connectivity index (χ2v) is 10.7. The van der Waals surface area contributed by atoms with Gasteiger partial charge in [0.05, 0.1) is 11.7 Å². The number of hydrogen-bond acceptors (Lipinski definition) is 7. The molecule has 1 fully saturated rings. The molecule has 0 atom stereocenters. The average molecular weight is 480 g/mol. The zero-order valence-corrected chi connectivity index (χ0v) is 19.2. The number of amides is 1. The van der Waals surface area contributed by atoms with Crippen molar-refractivity contribution in [1.29, 1.82) is 0 Å². The van der Waals surface area contributed by atoms with Gasteiger partial charge in [-0.05, 0) is 38.2 Å². The second-order valence-electron chi connectivity index (χ2n) is 7.61. The summed E-state index contributed by atoms with van der Waals surface area (Å²) in [6, 6.07) is 5.22. The molecule has 4 rings (SSSR count). The zero-order chi connectivity index (χ0) is 23.0. The van der Waals surface area contributed by atoms with Crippen LogP contribution >= 0.6 is 11.3 Å². The van der Waals surface area contributed by atoms with Crippen molar-refractivity contribution >= 4 is 43.2 Å². The summed E-state index contributed by atoms with van der Waals surface area (Å²) in [7, 11) is -1.97. The fourth-order valence-electron chi connectivity index (χ4n) is 3.58. The van der Waals surface area contributed by atoms with Crippen LogP contribution in [0.3, 0.4) is 0 Å². The normalized spacial score (nSPS) is 15.8. The molecule has 1 aliphatic rings. The van der Waals surface area contributed by atoms with E-state index < -0.39 is 27.3 Å². The monoisotopic (exact) mass is 479 g/mol. The van der Waals surface area contributed by atoms with Gasteiger partial charge in [0.1, 0.15) is 22.1 Å². The predicted octanol–water partition coefficient (Wildman–Crippen LogP) is 1.48. The van der Waals surface area contributed by atoms with E-state index in [2.05, 4.69) is 10.3 Å². The van der Waals surface area contributed by atoms with Crippen LogP contribution in [0.15, 0.2) is 40.3 Å². The van der Waals surface area contributed by atoms with E-state index in [1.165, 1.54) is 34.9 Å². The van der Waals surface area contributed by atoms with Gasteiger partial charge in [-0.15, -0.1) is 11.3 Å². The first-order valence-electron chi connectivity index (χ1n) is 9.89. The van der Waals surface area contributed by atoms with Crippen LogP contribution in [-0.4, -0.2) is 66.3 Å². The molecule has 12 heteroatoms. The molecular weight excluding hydrogens is 457 g/mol. The molecule has 0 radical (unpaired) electrons. The Morgan fingerprint density at radius 3 is 2.50 bits per heavy atom. The van der Waals surface area contributed by atoms with E-state index in [1.54, 1.807) is 6.92 Å². The van der Waals surface area contributed by atoms with Gasteiger partial charge in [-0.3, -0.25) is 14.2 Å². The van der Waals surface area contributed by atoms with Crippen molar-refractivity contribution in [1.82, 2.24) is 18.8 Å². The molecule has 0 saturated carbocycles. The quantitative estimate of drug-likeness (QED) is 0.595. The van der Waals surface area contributed by atoms with E-state index >= 15 is 0 Å². The zero-order valence-electron chi connectivity index (χ0n) is 17.5. The number of carbonyl (C=O) groups is 1. The molecule has 2 aromatic heterocycles. The number of piperazine rings is 1. The molecule has 0 unspecified atom stereocenters. The lowest BCUT2D eigenvalue weighted by Gasteiger charge is -2.31. The maximum Gasteiger partial charge on any atom is 0.263 e. The van der Waals surface area contributed by atoms with E-state index in [-0.39, 0.29) is 16.8 Å². The lowest BCUT2D eigenvalue weighted by molar-refractivity contribution is -0.116. The number of anilines is 1. The van der Waals surface area contributed by atoms with E-state index in [1.807, 2.05) is 11.9 Å². The van der Waals surface area contributed by atoms with E-state index in [0.29, 0.717) is 41.6 Å². The molecule has 0 spiro atoms. The van der Waals surface area contributed by atoms with Crippen LogP contribution in [0.4, 0.5) is 10.1 Å². The highest BCUT2D eigenvalue weighted by atomic mass is 32.2. The number of rotatable bonds is 5. The van der Waals surface area contributed by atoms with Gasteiger partial charge >= 0.3 is 0 Å². The van der Waals surface area contributed by atoms with Crippen LogP contribution in [0.25, 0.3) is 10.2 Å². The summed E-state index contributed by atoms with van der Waals surface area (Å²) in [4.78, 5) is 32.6. The van der Waals surface area contributed by atoms with Crippen molar-refractivity contribution in [3.63, 3.8) is 0 Å². The number of fused-ring (bicyclic) bond motifs is 1. The highest BCUT2D eigenvalue weighted by Crippen LogP contribution is 2.33. The molecule has 9 nitrogen and oxygen atoms in total. The maximum atomic E-state index is 13.4. The molecular formula is C20H22FN5O4S2. The molecule has 1 N–H and O–H groups in total. The summed E-state index contributed by atoms with van der Waals surface area (Å²) in [5, 5.41) is 2.58. The smallest absolute Gasteiger partial charge is 0.263 e. The third kappa shape index (κ3) is 4.31. The third-order valence-corrected chi connectivity index (χ3v) is 8.52. The van der Waals surface area contributed by atoms with Gasteiger partial charge in [-0.2, -0.15) is 4.31 Å². The Bertz CT molecular complexity index is 1330. The first-order valence-corrected chi connectivity index (χ1v) is 12.1. The highest BCUT2D eigenvalue weighted by molar-refractivity contribution is 7.89. The SMILES string of the molecule is Cc1sc2ncn(CC(=O)Nc3ccc(F)cc3)c(=O)c2c1S(=O)(=O)N1CCN(C)CC1. The molecule has 1 aliphatic heterocycles. The Kier molecular flexibility index (Phi) is 6.12. The number of nitrogens with zero attached hydrogens (tertiary/aromatic N) is 4. The van der Waals surface area contributed by atoms with Crippen LogP contribution in [-0.2, 0) is 21.4 Å². The van der Waals surface area contributed by atoms with E-state index in [4.69, 9.17) is 0 Å². The van der Waals surface area contributed by atoms with Crippen molar-refractivity contribution in [3.05, 3.63) is 51.6 Å². The molecule has 0 aliphatic carbocycles. The Morgan fingerprint density at radius 2 is 1.84 bits per heavy atom.